The van der Waals surface area contributed by atoms with Crippen molar-refractivity contribution < 1.29 is 9.53 Å². The smallest absolute Gasteiger partial charge is 0.254 e. The number of nitrogens with zero attached hydrogens (tertiary/aromatic N) is 2. The second kappa shape index (κ2) is 7.30. The molecule has 0 saturated carbocycles. The van der Waals surface area contributed by atoms with Gasteiger partial charge in [0, 0.05) is 10.6 Å². The Balaban J connectivity index is 2.76. The number of nitrogens with one attached hydrogen (secondary N) is 1. The molecule has 1 rings (SSSR count). The Labute approximate surface area is 110 Å². The van der Waals surface area contributed by atoms with Crippen LogP contribution in [0.25, 0.3) is 0 Å². The van der Waals surface area contributed by atoms with Gasteiger partial charge in [-0.25, -0.2) is 5.43 Å². The van der Waals surface area contributed by atoms with Crippen molar-refractivity contribution in [1.82, 2.24) is 5.43 Å². The lowest BCUT2D eigenvalue weighted by molar-refractivity contribution is -0.120. The predicted octanol–water partition coefficient (Wildman–Crippen LogP) is 2.10. The lowest BCUT2D eigenvalue weighted by Gasteiger charge is -2.06. The van der Waals surface area contributed by atoms with Gasteiger partial charge in [-0.05, 0) is 25.1 Å². The Kier molecular flexibility index (Phi) is 5.68. The summed E-state index contributed by atoms with van der Waals surface area (Å²) >= 11 is 5.86. The summed E-state index contributed by atoms with van der Waals surface area (Å²) in [7, 11) is 0. The zero-order chi connectivity index (χ0) is 13.4. The van der Waals surface area contributed by atoms with Crippen LogP contribution in [0, 0.1) is 11.3 Å². The molecule has 0 aliphatic carbocycles. The fourth-order valence-electron chi connectivity index (χ4n) is 1.19. The van der Waals surface area contributed by atoms with Crippen molar-refractivity contribution in [1.29, 1.82) is 5.26 Å². The Morgan fingerprint density at radius 1 is 1.67 bits per heavy atom. The molecule has 0 radical (unpaired) electrons. The van der Waals surface area contributed by atoms with Crippen LogP contribution in [0.15, 0.2) is 23.3 Å². The van der Waals surface area contributed by atoms with E-state index < -0.39 is 5.91 Å². The van der Waals surface area contributed by atoms with Crippen molar-refractivity contribution in [3.8, 4) is 11.8 Å². The molecule has 1 amide bonds. The highest BCUT2D eigenvalue weighted by molar-refractivity contribution is 6.30. The minimum atomic E-state index is -0.464. The van der Waals surface area contributed by atoms with E-state index in [4.69, 9.17) is 21.6 Å². The van der Waals surface area contributed by atoms with Crippen LogP contribution in [0.1, 0.15) is 18.9 Å². The quantitative estimate of drug-likeness (QED) is 0.654. The normalized spacial score (nSPS) is 10.1. The van der Waals surface area contributed by atoms with E-state index in [1.165, 1.54) is 6.21 Å². The van der Waals surface area contributed by atoms with E-state index in [1.807, 2.05) is 6.92 Å². The van der Waals surface area contributed by atoms with Crippen LogP contribution >= 0.6 is 11.6 Å². The van der Waals surface area contributed by atoms with E-state index in [0.717, 1.165) is 0 Å². The molecule has 0 bridgehead atoms. The topological polar surface area (TPSA) is 74.5 Å². The van der Waals surface area contributed by atoms with Crippen LogP contribution in [0.2, 0.25) is 5.02 Å². The summed E-state index contributed by atoms with van der Waals surface area (Å²) < 4.78 is 5.38. The maximum Gasteiger partial charge on any atom is 0.254 e. The molecule has 5 nitrogen and oxygen atoms in total. The largest absolute Gasteiger partial charge is 0.493 e. The lowest BCUT2D eigenvalue weighted by atomic mass is 10.2. The molecule has 94 valence electrons. The Bertz CT molecular complexity index is 495. The first-order valence-electron chi connectivity index (χ1n) is 5.28. The van der Waals surface area contributed by atoms with Gasteiger partial charge in [-0.3, -0.25) is 4.79 Å². The third kappa shape index (κ3) is 4.44. The molecule has 0 aliphatic heterocycles. The molecule has 0 fully saturated rings. The fourth-order valence-corrected chi connectivity index (χ4v) is 1.37. The van der Waals surface area contributed by atoms with E-state index in [9.17, 15) is 4.79 Å². The van der Waals surface area contributed by atoms with Crippen molar-refractivity contribution in [2.24, 2.45) is 5.10 Å². The molecule has 6 heteroatoms. The van der Waals surface area contributed by atoms with E-state index in [-0.39, 0.29) is 6.42 Å². The second-order valence-corrected chi connectivity index (χ2v) is 3.68. The van der Waals surface area contributed by atoms with Crippen LogP contribution in [0.4, 0.5) is 0 Å². The molecule has 0 spiro atoms. The lowest BCUT2D eigenvalue weighted by Crippen LogP contribution is -2.16. The molecule has 0 aliphatic rings. The molecule has 1 aromatic rings. The number of carbonyl (C=O) groups excluding carboxylic acids is 1. The van der Waals surface area contributed by atoms with Crippen LogP contribution in [0.3, 0.4) is 0 Å². The number of rotatable bonds is 5. The number of hydrogen-bond acceptors (Lipinski definition) is 4. The molecule has 0 aromatic heterocycles. The van der Waals surface area contributed by atoms with Crippen LogP contribution in [0.5, 0.6) is 5.75 Å². The van der Waals surface area contributed by atoms with Gasteiger partial charge in [0.25, 0.3) is 5.91 Å². The SMILES string of the molecule is CCOc1ccc(Cl)cc1/C=N\NC(=O)CC#N. The highest BCUT2D eigenvalue weighted by Crippen LogP contribution is 2.21. The molecule has 0 unspecified atom stereocenters. The van der Waals surface area contributed by atoms with Gasteiger partial charge in [0.1, 0.15) is 12.2 Å². The van der Waals surface area contributed by atoms with Crippen LogP contribution < -0.4 is 10.2 Å². The fraction of sp³-hybridized carbons (Fsp3) is 0.250. The molecule has 1 aromatic carbocycles. The average Bonchev–Trinajstić information content (AvgIpc) is 2.33. The third-order valence-electron chi connectivity index (χ3n) is 1.90. The van der Waals surface area contributed by atoms with Crippen LogP contribution in [-0.4, -0.2) is 18.7 Å². The molecule has 0 atom stereocenters. The first-order valence-corrected chi connectivity index (χ1v) is 5.66. The van der Waals surface area contributed by atoms with Gasteiger partial charge in [-0.2, -0.15) is 10.4 Å². The average molecular weight is 266 g/mol. The number of amides is 1. The number of nitriles is 1. The van der Waals surface area contributed by atoms with Crippen molar-refractivity contribution in [3.63, 3.8) is 0 Å². The zero-order valence-electron chi connectivity index (χ0n) is 9.81. The summed E-state index contributed by atoms with van der Waals surface area (Å²) in [6, 6.07) is 6.83. The van der Waals surface area contributed by atoms with E-state index in [0.29, 0.717) is 22.9 Å². The number of halogens is 1. The van der Waals surface area contributed by atoms with Gasteiger partial charge >= 0.3 is 0 Å². The van der Waals surface area contributed by atoms with Crippen molar-refractivity contribution in [2.45, 2.75) is 13.3 Å². The van der Waals surface area contributed by atoms with Gasteiger partial charge in [-0.1, -0.05) is 11.6 Å². The van der Waals surface area contributed by atoms with Gasteiger partial charge in [0.2, 0.25) is 0 Å². The molecule has 18 heavy (non-hydrogen) atoms. The summed E-state index contributed by atoms with van der Waals surface area (Å²) in [5.41, 5.74) is 2.88. The third-order valence-corrected chi connectivity index (χ3v) is 2.14. The zero-order valence-corrected chi connectivity index (χ0v) is 10.6. The number of ether oxygens (including phenoxy) is 1. The van der Waals surface area contributed by atoms with Gasteiger partial charge in [0.15, 0.2) is 0 Å². The van der Waals surface area contributed by atoms with Crippen molar-refractivity contribution in [3.05, 3.63) is 28.8 Å². The molecule has 0 heterocycles. The second-order valence-electron chi connectivity index (χ2n) is 3.24. The Morgan fingerprint density at radius 3 is 3.11 bits per heavy atom. The predicted molar refractivity (Wildman–Crippen MR) is 68.6 cm³/mol. The first kappa shape index (κ1) is 14.0. The molecule has 1 N–H and O–H groups in total. The standard InChI is InChI=1S/C12H12ClN3O2/c1-2-18-11-4-3-10(13)7-9(11)8-15-16-12(17)5-6-14/h3-4,7-8H,2,5H2,1H3,(H,16,17)/b15-8-. The maximum absolute atomic E-state index is 11.0. The minimum Gasteiger partial charge on any atom is -0.493 e. The summed E-state index contributed by atoms with van der Waals surface area (Å²) in [6.07, 6.45) is 1.19. The highest BCUT2D eigenvalue weighted by Gasteiger charge is 2.02. The van der Waals surface area contributed by atoms with E-state index in [2.05, 4.69) is 10.5 Å². The number of benzene rings is 1. The molecular formula is C12H12ClN3O2. The van der Waals surface area contributed by atoms with Crippen LogP contribution in [-0.2, 0) is 4.79 Å². The monoisotopic (exact) mass is 265 g/mol. The number of hydrazone groups is 1. The Morgan fingerprint density at radius 2 is 2.44 bits per heavy atom. The van der Waals surface area contributed by atoms with Gasteiger partial charge in [-0.15, -0.1) is 0 Å². The van der Waals surface area contributed by atoms with Gasteiger partial charge in [0.05, 0.1) is 18.9 Å². The van der Waals surface area contributed by atoms with E-state index in [1.54, 1.807) is 24.3 Å². The van der Waals surface area contributed by atoms with Crippen molar-refractivity contribution >= 4 is 23.7 Å². The number of hydrogen-bond donors (Lipinski definition) is 1. The summed E-state index contributed by atoms with van der Waals surface area (Å²) in [5.74, 6) is 0.161. The Hall–Kier alpha value is -2.06. The summed E-state index contributed by atoms with van der Waals surface area (Å²) in [4.78, 5) is 11.0. The summed E-state index contributed by atoms with van der Waals surface area (Å²) in [5, 5.41) is 12.6. The van der Waals surface area contributed by atoms with Crippen molar-refractivity contribution in [2.75, 3.05) is 6.61 Å². The molecular weight excluding hydrogens is 254 g/mol. The highest BCUT2D eigenvalue weighted by atomic mass is 35.5. The van der Waals surface area contributed by atoms with Gasteiger partial charge < -0.3 is 4.74 Å². The molecule has 0 saturated heterocycles. The summed E-state index contributed by atoms with van der Waals surface area (Å²) in [6.45, 7) is 2.38. The number of carbonyl (C=O) groups is 1. The minimum absolute atomic E-state index is 0.231. The maximum atomic E-state index is 11.0. The first-order chi connectivity index (χ1) is 8.67. The van der Waals surface area contributed by atoms with E-state index >= 15 is 0 Å².